The van der Waals surface area contributed by atoms with E-state index in [4.69, 9.17) is 0 Å². The van der Waals surface area contributed by atoms with Crippen LogP contribution in [0.2, 0.25) is 0 Å². The number of benzene rings is 1. The third-order valence-electron chi connectivity index (χ3n) is 3.76. The van der Waals surface area contributed by atoms with E-state index in [-0.39, 0.29) is 18.3 Å². The lowest BCUT2D eigenvalue weighted by Crippen LogP contribution is -2.38. The standard InChI is InChI=1S/C17H23FN6O2/c1-12-8-14(18)5-4-13(12)6-7-20-17(19-2)21-9-15-10-24(23-22-15)11-16(25)26-3/h4-5,8,10H,6-7,9,11H2,1-3H3,(H2,19,20,21). The zero-order chi connectivity index (χ0) is 18.9. The second-order valence-corrected chi connectivity index (χ2v) is 5.66. The molecule has 0 saturated carbocycles. The highest BCUT2D eigenvalue weighted by atomic mass is 19.1. The van der Waals surface area contributed by atoms with Crippen molar-refractivity contribution in [1.82, 2.24) is 25.6 Å². The maximum absolute atomic E-state index is 13.1. The van der Waals surface area contributed by atoms with Crippen molar-refractivity contribution in [1.29, 1.82) is 0 Å². The summed E-state index contributed by atoms with van der Waals surface area (Å²) in [5, 5.41) is 14.2. The summed E-state index contributed by atoms with van der Waals surface area (Å²) < 4.78 is 19.1. The summed E-state index contributed by atoms with van der Waals surface area (Å²) >= 11 is 0. The fourth-order valence-corrected chi connectivity index (χ4v) is 2.34. The van der Waals surface area contributed by atoms with Crippen LogP contribution in [-0.4, -0.2) is 47.6 Å². The SMILES string of the molecule is CN=C(NCCc1ccc(F)cc1C)NCc1cn(CC(=O)OC)nn1. The van der Waals surface area contributed by atoms with Crippen LogP contribution in [0.3, 0.4) is 0 Å². The number of carbonyl (C=O) groups is 1. The largest absolute Gasteiger partial charge is 0.468 e. The van der Waals surface area contributed by atoms with Gasteiger partial charge in [0.2, 0.25) is 0 Å². The van der Waals surface area contributed by atoms with Crippen molar-refractivity contribution in [3.8, 4) is 0 Å². The maximum atomic E-state index is 13.1. The highest BCUT2D eigenvalue weighted by Crippen LogP contribution is 2.10. The summed E-state index contributed by atoms with van der Waals surface area (Å²) in [5.74, 6) is 0.00665. The molecule has 0 spiro atoms. The molecule has 0 fully saturated rings. The van der Waals surface area contributed by atoms with Gasteiger partial charge in [0, 0.05) is 13.6 Å². The zero-order valence-corrected chi connectivity index (χ0v) is 15.1. The van der Waals surface area contributed by atoms with Crippen LogP contribution in [-0.2, 0) is 29.0 Å². The van der Waals surface area contributed by atoms with Crippen molar-refractivity contribution in [2.75, 3.05) is 20.7 Å². The highest BCUT2D eigenvalue weighted by Gasteiger charge is 2.07. The number of aryl methyl sites for hydroxylation is 1. The van der Waals surface area contributed by atoms with Crippen LogP contribution in [0.15, 0.2) is 29.4 Å². The van der Waals surface area contributed by atoms with E-state index in [1.165, 1.54) is 23.9 Å². The summed E-state index contributed by atoms with van der Waals surface area (Å²) in [5.41, 5.74) is 2.68. The Hall–Kier alpha value is -2.97. The van der Waals surface area contributed by atoms with E-state index >= 15 is 0 Å². The first-order chi connectivity index (χ1) is 12.5. The van der Waals surface area contributed by atoms with Gasteiger partial charge < -0.3 is 15.4 Å². The van der Waals surface area contributed by atoms with Crippen LogP contribution in [0.25, 0.3) is 0 Å². The Morgan fingerprint density at radius 3 is 2.88 bits per heavy atom. The topological polar surface area (TPSA) is 93.4 Å². The number of nitrogens with one attached hydrogen (secondary N) is 2. The van der Waals surface area contributed by atoms with Crippen LogP contribution in [0.4, 0.5) is 4.39 Å². The summed E-state index contributed by atoms with van der Waals surface area (Å²) in [6, 6.07) is 4.79. The van der Waals surface area contributed by atoms with Gasteiger partial charge >= 0.3 is 5.97 Å². The molecular formula is C17H23FN6O2. The molecule has 0 aliphatic carbocycles. The molecule has 140 valence electrons. The number of nitrogens with zero attached hydrogens (tertiary/aromatic N) is 4. The molecular weight excluding hydrogens is 339 g/mol. The number of aliphatic imine (C=N–C) groups is 1. The van der Waals surface area contributed by atoms with Gasteiger partial charge in [-0.15, -0.1) is 5.10 Å². The predicted octanol–water partition coefficient (Wildman–Crippen LogP) is 0.806. The van der Waals surface area contributed by atoms with Gasteiger partial charge in [-0.25, -0.2) is 9.07 Å². The molecule has 2 N–H and O–H groups in total. The average molecular weight is 362 g/mol. The quantitative estimate of drug-likeness (QED) is 0.430. The van der Waals surface area contributed by atoms with Crippen molar-refractivity contribution in [3.05, 3.63) is 47.0 Å². The highest BCUT2D eigenvalue weighted by molar-refractivity contribution is 5.79. The minimum absolute atomic E-state index is 0.0213. The molecule has 0 amide bonds. The van der Waals surface area contributed by atoms with E-state index in [0.717, 1.165) is 17.5 Å². The average Bonchev–Trinajstić information content (AvgIpc) is 3.06. The minimum Gasteiger partial charge on any atom is -0.468 e. The molecule has 2 aromatic rings. The van der Waals surface area contributed by atoms with Crippen LogP contribution < -0.4 is 10.6 Å². The van der Waals surface area contributed by atoms with Crippen molar-refractivity contribution in [2.45, 2.75) is 26.4 Å². The number of halogens is 1. The van der Waals surface area contributed by atoms with Gasteiger partial charge in [-0.3, -0.25) is 9.79 Å². The monoisotopic (exact) mass is 362 g/mol. The second kappa shape index (κ2) is 9.50. The third kappa shape index (κ3) is 5.83. The molecule has 0 bridgehead atoms. The van der Waals surface area contributed by atoms with Gasteiger partial charge in [-0.1, -0.05) is 11.3 Å². The van der Waals surface area contributed by atoms with E-state index in [9.17, 15) is 9.18 Å². The number of carbonyl (C=O) groups excluding carboxylic acids is 1. The van der Waals surface area contributed by atoms with Gasteiger partial charge in [-0.2, -0.15) is 0 Å². The molecule has 9 heteroatoms. The van der Waals surface area contributed by atoms with E-state index < -0.39 is 0 Å². The molecule has 8 nitrogen and oxygen atoms in total. The molecule has 0 radical (unpaired) electrons. The van der Waals surface area contributed by atoms with Crippen LogP contribution in [0.5, 0.6) is 0 Å². The maximum Gasteiger partial charge on any atom is 0.327 e. The molecule has 1 aromatic heterocycles. The molecule has 1 aromatic carbocycles. The van der Waals surface area contributed by atoms with E-state index in [1.54, 1.807) is 19.3 Å². The number of hydrogen-bond donors (Lipinski definition) is 2. The Labute approximate surface area is 151 Å². The molecule has 0 aliphatic rings. The molecule has 0 saturated heterocycles. The number of esters is 1. The lowest BCUT2D eigenvalue weighted by Gasteiger charge is -2.11. The Morgan fingerprint density at radius 1 is 1.38 bits per heavy atom. The minimum atomic E-state index is -0.386. The number of guanidine groups is 1. The molecule has 0 atom stereocenters. The van der Waals surface area contributed by atoms with E-state index in [1.807, 2.05) is 6.92 Å². The smallest absolute Gasteiger partial charge is 0.327 e. The van der Waals surface area contributed by atoms with Gasteiger partial charge in [0.05, 0.1) is 19.9 Å². The predicted molar refractivity (Wildman–Crippen MR) is 95.1 cm³/mol. The number of ether oxygens (including phenoxy) is 1. The molecule has 1 heterocycles. The number of aromatic nitrogens is 3. The Bertz CT molecular complexity index is 774. The molecule has 0 aliphatic heterocycles. The van der Waals surface area contributed by atoms with Crippen LogP contribution in [0.1, 0.15) is 16.8 Å². The van der Waals surface area contributed by atoms with Gasteiger partial charge in [0.15, 0.2) is 5.96 Å². The van der Waals surface area contributed by atoms with E-state index in [0.29, 0.717) is 24.7 Å². The fraction of sp³-hybridized carbons (Fsp3) is 0.412. The van der Waals surface area contributed by atoms with Gasteiger partial charge in [-0.05, 0) is 36.6 Å². The Morgan fingerprint density at radius 2 is 2.19 bits per heavy atom. The Balaban J connectivity index is 1.78. The lowest BCUT2D eigenvalue weighted by atomic mass is 10.1. The summed E-state index contributed by atoms with van der Waals surface area (Å²) in [4.78, 5) is 15.3. The Kier molecular flexibility index (Phi) is 7.07. The van der Waals surface area contributed by atoms with Crippen molar-refractivity contribution in [3.63, 3.8) is 0 Å². The molecule has 0 unspecified atom stereocenters. The first-order valence-corrected chi connectivity index (χ1v) is 8.17. The van der Waals surface area contributed by atoms with E-state index in [2.05, 4.69) is 30.7 Å². The van der Waals surface area contributed by atoms with Crippen molar-refractivity contribution < 1.29 is 13.9 Å². The van der Waals surface area contributed by atoms with Crippen molar-refractivity contribution >= 4 is 11.9 Å². The van der Waals surface area contributed by atoms with Crippen LogP contribution in [0, 0.1) is 12.7 Å². The number of rotatable bonds is 7. The number of methoxy groups -OCH3 is 1. The summed E-state index contributed by atoms with van der Waals surface area (Å²) in [6.45, 7) is 2.98. The van der Waals surface area contributed by atoms with Crippen molar-refractivity contribution in [2.24, 2.45) is 4.99 Å². The van der Waals surface area contributed by atoms with Gasteiger partial charge in [0.25, 0.3) is 0 Å². The number of hydrogen-bond acceptors (Lipinski definition) is 5. The summed E-state index contributed by atoms with van der Waals surface area (Å²) in [7, 11) is 3.00. The lowest BCUT2D eigenvalue weighted by molar-refractivity contribution is -0.141. The van der Waals surface area contributed by atoms with Gasteiger partial charge in [0.1, 0.15) is 18.1 Å². The first kappa shape index (κ1) is 19.4. The zero-order valence-electron chi connectivity index (χ0n) is 15.1. The molecule has 26 heavy (non-hydrogen) atoms. The fourth-order valence-electron chi connectivity index (χ4n) is 2.34. The normalized spacial score (nSPS) is 11.3. The summed E-state index contributed by atoms with van der Waals surface area (Å²) in [6.07, 6.45) is 2.42. The second-order valence-electron chi connectivity index (χ2n) is 5.66. The first-order valence-electron chi connectivity index (χ1n) is 8.17. The third-order valence-corrected chi connectivity index (χ3v) is 3.76. The molecule has 2 rings (SSSR count). The van der Waals surface area contributed by atoms with Crippen LogP contribution >= 0.6 is 0 Å².